The van der Waals surface area contributed by atoms with Crippen LogP contribution in [-0.2, 0) is 4.79 Å². The molecule has 124 valence electrons. The van der Waals surface area contributed by atoms with Crippen LogP contribution >= 0.6 is 11.8 Å². The van der Waals surface area contributed by atoms with Crippen molar-refractivity contribution in [2.45, 2.75) is 5.16 Å². The van der Waals surface area contributed by atoms with Crippen molar-refractivity contribution >= 4 is 34.8 Å². The van der Waals surface area contributed by atoms with Crippen LogP contribution in [0.4, 0.5) is 0 Å². The Bertz CT molecular complexity index is 955. The van der Waals surface area contributed by atoms with Gasteiger partial charge in [0.15, 0.2) is 11.8 Å². The van der Waals surface area contributed by atoms with Gasteiger partial charge in [-0.1, -0.05) is 30.3 Å². The van der Waals surface area contributed by atoms with Gasteiger partial charge in [0.05, 0.1) is 11.0 Å². The molecular formula is C18H13N3O3S. The number of nitrogens with one attached hydrogen (secondary N) is 1. The number of thioether (sulfide) groups is 1. The van der Waals surface area contributed by atoms with Gasteiger partial charge in [-0.15, -0.1) is 0 Å². The van der Waals surface area contributed by atoms with Gasteiger partial charge in [0, 0.05) is 5.56 Å². The van der Waals surface area contributed by atoms with Crippen LogP contribution in [0, 0.1) is 11.3 Å². The first-order valence-corrected chi connectivity index (χ1v) is 8.15. The molecule has 0 fully saturated rings. The number of carboxylic acid groups (broad SMARTS) is 1. The van der Waals surface area contributed by atoms with Gasteiger partial charge >= 0.3 is 5.97 Å². The van der Waals surface area contributed by atoms with Crippen LogP contribution in [0.1, 0.15) is 5.56 Å². The predicted octanol–water partition coefficient (Wildman–Crippen LogP) is 3.68. The molecule has 1 aromatic heterocycles. The van der Waals surface area contributed by atoms with Crippen molar-refractivity contribution in [2.24, 2.45) is 0 Å². The topological polar surface area (TPSA) is 99.0 Å². The molecule has 0 amide bonds. The second-order valence-electron chi connectivity index (χ2n) is 4.96. The number of fused-ring (bicyclic) bond motifs is 1. The van der Waals surface area contributed by atoms with Crippen LogP contribution in [0.15, 0.2) is 58.6 Å². The number of imidazole rings is 1. The Hall–Kier alpha value is -3.24. The Morgan fingerprint density at radius 2 is 2.04 bits per heavy atom. The maximum Gasteiger partial charge on any atom is 0.342 e. The first-order valence-electron chi connectivity index (χ1n) is 7.34. The number of para-hydroxylation sites is 3. The van der Waals surface area contributed by atoms with E-state index < -0.39 is 5.97 Å². The number of hydrogen-bond donors (Lipinski definition) is 2. The molecule has 0 saturated carbocycles. The molecule has 0 aliphatic carbocycles. The number of carboxylic acids is 1. The minimum absolute atomic E-state index is 0.0899. The first-order chi connectivity index (χ1) is 12.2. The number of nitriles is 1. The third kappa shape index (κ3) is 4.00. The van der Waals surface area contributed by atoms with Crippen LogP contribution < -0.4 is 4.74 Å². The van der Waals surface area contributed by atoms with Gasteiger partial charge < -0.3 is 14.8 Å². The molecule has 2 aromatic carbocycles. The largest absolute Gasteiger partial charge is 0.478 e. The van der Waals surface area contributed by atoms with E-state index in [0.717, 1.165) is 22.8 Å². The molecule has 3 rings (SSSR count). The Balaban J connectivity index is 1.92. The average Bonchev–Trinajstić information content (AvgIpc) is 3.02. The number of H-pyrrole nitrogens is 1. The molecule has 25 heavy (non-hydrogen) atoms. The quantitative estimate of drug-likeness (QED) is 0.519. The number of aromatic nitrogens is 2. The summed E-state index contributed by atoms with van der Waals surface area (Å²) >= 11 is 1.02. The zero-order valence-corrected chi connectivity index (χ0v) is 13.8. The van der Waals surface area contributed by atoms with Crippen LogP contribution in [-0.4, -0.2) is 27.7 Å². The first kappa shape index (κ1) is 16.6. The van der Waals surface area contributed by atoms with Gasteiger partial charge in [-0.3, -0.25) is 0 Å². The highest BCUT2D eigenvalue weighted by Crippen LogP contribution is 2.30. The Morgan fingerprint density at radius 1 is 1.28 bits per heavy atom. The van der Waals surface area contributed by atoms with Crippen molar-refractivity contribution in [2.75, 3.05) is 6.61 Å². The normalized spacial score (nSPS) is 11.2. The van der Waals surface area contributed by atoms with Crippen molar-refractivity contribution in [3.05, 3.63) is 59.0 Å². The molecule has 0 saturated heterocycles. The Labute approximate surface area is 147 Å². The van der Waals surface area contributed by atoms with Crippen molar-refractivity contribution in [1.29, 1.82) is 5.26 Å². The maximum atomic E-state index is 11.6. The summed E-state index contributed by atoms with van der Waals surface area (Å²) in [5.74, 6) is -0.617. The summed E-state index contributed by atoms with van der Waals surface area (Å²) in [5.41, 5.74) is 2.19. The van der Waals surface area contributed by atoms with Crippen molar-refractivity contribution in [3.8, 4) is 11.8 Å². The minimum atomic E-state index is -1.07. The fraction of sp³-hybridized carbons (Fsp3) is 0.0556. The minimum Gasteiger partial charge on any atom is -0.478 e. The summed E-state index contributed by atoms with van der Waals surface area (Å²) < 4.78 is 5.33. The van der Waals surface area contributed by atoms with E-state index in [2.05, 4.69) is 9.97 Å². The molecule has 0 aliphatic rings. The van der Waals surface area contributed by atoms with Gasteiger partial charge in [-0.2, -0.15) is 5.26 Å². The number of benzene rings is 2. The van der Waals surface area contributed by atoms with Crippen LogP contribution in [0.5, 0.6) is 5.75 Å². The van der Waals surface area contributed by atoms with Crippen molar-refractivity contribution in [1.82, 2.24) is 9.97 Å². The predicted molar refractivity (Wildman–Crippen MR) is 95.1 cm³/mol. The SMILES string of the molecule is N#CCOc1ccccc1/C=C(\Sc1nc2ccccc2[nH]1)C(=O)O. The second kappa shape index (κ2) is 7.55. The molecule has 7 heteroatoms. The van der Waals surface area contributed by atoms with E-state index in [1.807, 2.05) is 30.3 Å². The van der Waals surface area contributed by atoms with Gasteiger partial charge in [0.25, 0.3) is 0 Å². The molecule has 3 aromatic rings. The van der Waals surface area contributed by atoms with Crippen LogP contribution in [0.25, 0.3) is 17.1 Å². The monoisotopic (exact) mass is 351 g/mol. The number of aromatic amines is 1. The zero-order chi connectivity index (χ0) is 17.6. The number of nitrogens with zero attached hydrogens (tertiary/aromatic N) is 2. The third-order valence-corrected chi connectivity index (χ3v) is 4.18. The number of ether oxygens (including phenoxy) is 1. The Kier molecular flexibility index (Phi) is 5.02. The zero-order valence-electron chi connectivity index (χ0n) is 13.0. The molecule has 0 unspecified atom stereocenters. The second-order valence-corrected chi connectivity index (χ2v) is 5.99. The van der Waals surface area contributed by atoms with E-state index in [0.29, 0.717) is 16.5 Å². The van der Waals surface area contributed by atoms with Crippen molar-refractivity contribution in [3.63, 3.8) is 0 Å². The summed E-state index contributed by atoms with van der Waals surface area (Å²) in [7, 11) is 0. The third-order valence-electron chi connectivity index (χ3n) is 3.28. The average molecular weight is 351 g/mol. The van der Waals surface area contributed by atoms with Gasteiger partial charge in [-0.25, -0.2) is 9.78 Å². The Morgan fingerprint density at radius 3 is 2.80 bits per heavy atom. The molecule has 0 radical (unpaired) electrons. The van der Waals surface area contributed by atoms with Gasteiger partial charge in [-0.05, 0) is 36.0 Å². The number of hydrogen-bond acceptors (Lipinski definition) is 5. The van der Waals surface area contributed by atoms with E-state index in [-0.39, 0.29) is 11.5 Å². The molecule has 0 bridgehead atoms. The lowest BCUT2D eigenvalue weighted by molar-refractivity contribution is -0.131. The van der Waals surface area contributed by atoms with Crippen LogP contribution in [0.3, 0.4) is 0 Å². The summed E-state index contributed by atoms with van der Waals surface area (Å²) in [6, 6.07) is 16.3. The number of rotatable bonds is 6. The van der Waals surface area contributed by atoms with E-state index in [9.17, 15) is 9.90 Å². The number of carbonyl (C=O) groups is 1. The standard InChI is InChI=1S/C18H13N3O3S/c19-9-10-24-15-8-4-1-5-12(15)11-16(17(22)23)25-18-20-13-6-2-3-7-14(13)21-18/h1-8,11H,10H2,(H,20,21)(H,22,23)/b16-11-. The highest BCUT2D eigenvalue weighted by atomic mass is 32.2. The van der Waals surface area contributed by atoms with E-state index in [1.54, 1.807) is 24.3 Å². The lowest BCUT2D eigenvalue weighted by atomic mass is 10.2. The van der Waals surface area contributed by atoms with E-state index in [4.69, 9.17) is 10.00 Å². The molecule has 2 N–H and O–H groups in total. The van der Waals surface area contributed by atoms with E-state index >= 15 is 0 Å². The van der Waals surface area contributed by atoms with Gasteiger partial charge in [0.2, 0.25) is 0 Å². The molecule has 0 spiro atoms. The fourth-order valence-corrected chi connectivity index (χ4v) is 2.99. The summed E-state index contributed by atoms with van der Waals surface area (Å²) in [6.45, 7) is -0.107. The summed E-state index contributed by atoms with van der Waals surface area (Å²) in [6.07, 6.45) is 1.51. The van der Waals surface area contributed by atoms with E-state index in [1.165, 1.54) is 6.08 Å². The molecule has 6 nitrogen and oxygen atoms in total. The lowest BCUT2D eigenvalue weighted by Gasteiger charge is -2.06. The summed E-state index contributed by atoms with van der Waals surface area (Å²) in [4.78, 5) is 19.2. The highest BCUT2D eigenvalue weighted by molar-refractivity contribution is 8.04. The summed E-state index contributed by atoms with van der Waals surface area (Å²) in [5, 5.41) is 18.7. The number of aliphatic carboxylic acids is 1. The smallest absolute Gasteiger partial charge is 0.342 e. The maximum absolute atomic E-state index is 11.6. The van der Waals surface area contributed by atoms with Crippen LogP contribution in [0.2, 0.25) is 0 Å². The molecule has 0 atom stereocenters. The fourth-order valence-electron chi connectivity index (χ4n) is 2.20. The highest BCUT2D eigenvalue weighted by Gasteiger charge is 2.14. The van der Waals surface area contributed by atoms with Crippen molar-refractivity contribution < 1.29 is 14.6 Å². The molecule has 1 heterocycles. The molecule has 0 aliphatic heterocycles. The lowest BCUT2D eigenvalue weighted by Crippen LogP contribution is -1.99. The van der Waals surface area contributed by atoms with Gasteiger partial charge in [0.1, 0.15) is 16.7 Å². The molecular weight excluding hydrogens is 338 g/mol.